The van der Waals surface area contributed by atoms with Gasteiger partial charge in [-0.15, -0.1) is 0 Å². The molecule has 2 aromatic carbocycles. The minimum Gasteiger partial charge on any atom is -0.489 e. The van der Waals surface area contributed by atoms with E-state index in [0.717, 1.165) is 37.3 Å². The van der Waals surface area contributed by atoms with E-state index in [2.05, 4.69) is 45.4 Å². The Morgan fingerprint density at radius 1 is 1.19 bits per heavy atom. The van der Waals surface area contributed by atoms with Crippen LogP contribution in [0.2, 0.25) is 5.02 Å². The molecule has 1 aliphatic heterocycles. The molecule has 1 N–H and O–H groups in total. The maximum atomic E-state index is 6.44. The molecule has 0 aliphatic carbocycles. The van der Waals surface area contributed by atoms with E-state index in [0.29, 0.717) is 10.8 Å². The summed E-state index contributed by atoms with van der Waals surface area (Å²) in [6.45, 7) is 6.86. The van der Waals surface area contributed by atoms with Gasteiger partial charge in [-0.05, 0) is 37.6 Å². The number of H-pyrrole nitrogens is 1. The van der Waals surface area contributed by atoms with E-state index in [1.807, 2.05) is 32.0 Å². The molecule has 0 fully saturated rings. The molecule has 5 heteroatoms. The quantitative estimate of drug-likeness (QED) is 0.670. The van der Waals surface area contributed by atoms with Crippen molar-refractivity contribution in [2.75, 3.05) is 6.54 Å². The number of fused-ring (bicyclic) bond motifs is 1. The zero-order valence-corrected chi connectivity index (χ0v) is 16.5. The number of hydrogen-bond acceptors (Lipinski definition) is 3. The Morgan fingerprint density at radius 2 is 2.00 bits per heavy atom. The van der Waals surface area contributed by atoms with E-state index in [4.69, 9.17) is 16.3 Å². The third kappa shape index (κ3) is 4.02. The molecule has 1 aromatic heterocycles. The highest BCUT2D eigenvalue weighted by Crippen LogP contribution is 2.34. The van der Waals surface area contributed by atoms with Crippen molar-refractivity contribution in [3.8, 4) is 17.0 Å². The molecule has 140 valence electrons. The molecule has 4 nitrogen and oxygen atoms in total. The summed E-state index contributed by atoms with van der Waals surface area (Å²) in [5.41, 5.74) is 5.85. The molecular formula is C22H24ClN3O. The SMILES string of the molecule is CC(C)Oc1ccc(-c2n[nH]c3c2CN(Cc2ccccc2)CC3)cc1Cl. The molecule has 0 saturated heterocycles. The number of halogens is 1. The third-order valence-corrected chi connectivity index (χ3v) is 5.12. The summed E-state index contributed by atoms with van der Waals surface area (Å²) in [4.78, 5) is 2.47. The number of hydrogen-bond donors (Lipinski definition) is 1. The lowest BCUT2D eigenvalue weighted by atomic mass is 10.0. The summed E-state index contributed by atoms with van der Waals surface area (Å²) >= 11 is 6.44. The fourth-order valence-electron chi connectivity index (χ4n) is 3.56. The predicted octanol–water partition coefficient (Wildman–Crippen LogP) is 5.08. The summed E-state index contributed by atoms with van der Waals surface area (Å²) in [7, 11) is 0. The van der Waals surface area contributed by atoms with Gasteiger partial charge in [0.2, 0.25) is 0 Å². The van der Waals surface area contributed by atoms with Gasteiger partial charge in [-0.25, -0.2) is 0 Å². The Labute approximate surface area is 165 Å². The molecule has 0 radical (unpaired) electrons. The maximum absolute atomic E-state index is 6.44. The zero-order chi connectivity index (χ0) is 18.8. The van der Waals surface area contributed by atoms with Crippen LogP contribution < -0.4 is 4.74 Å². The Kier molecular flexibility index (Phi) is 5.19. The Morgan fingerprint density at radius 3 is 2.74 bits per heavy atom. The number of benzene rings is 2. The largest absolute Gasteiger partial charge is 0.489 e. The Bertz CT molecular complexity index is 921. The van der Waals surface area contributed by atoms with Crippen molar-refractivity contribution in [3.63, 3.8) is 0 Å². The average molecular weight is 382 g/mol. The van der Waals surface area contributed by atoms with Crippen LogP contribution >= 0.6 is 11.6 Å². The minimum atomic E-state index is 0.0954. The van der Waals surface area contributed by atoms with E-state index in [9.17, 15) is 0 Å². The second kappa shape index (κ2) is 7.75. The fraction of sp³-hybridized carbons (Fsp3) is 0.318. The third-order valence-electron chi connectivity index (χ3n) is 4.83. The lowest BCUT2D eigenvalue weighted by Gasteiger charge is -2.27. The zero-order valence-electron chi connectivity index (χ0n) is 15.7. The molecule has 0 atom stereocenters. The predicted molar refractivity (Wildman–Crippen MR) is 109 cm³/mol. The second-order valence-corrected chi connectivity index (χ2v) is 7.69. The van der Waals surface area contributed by atoms with Gasteiger partial charge in [0.05, 0.1) is 16.8 Å². The first-order valence-electron chi connectivity index (χ1n) is 9.39. The standard InChI is InChI=1S/C22H24ClN3O/c1-15(2)27-21-9-8-17(12-19(21)23)22-18-14-26(11-10-20(18)24-25-22)13-16-6-4-3-5-7-16/h3-9,12,15H,10-11,13-14H2,1-2H3,(H,24,25). The van der Waals surface area contributed by atoms with Gasteiger partial charge < -0.3 is 4.74 Å². The van der Waals surface area contributed by atoms with E-state index < -0.39 is 0 Å². The molecule has 2 heterocycles. The van der Waals surface area contributed by atoms with Gasteiger partial charge in [-0.2, -0.15) is 5.10 Å². The molecule has 0 unspecified atom stereocenters. The smallest absolute Gasteiger partial charge is 0.138 e. The Balaban J connectivity index is 1.57. The van der Waals surface area contributed by atoms with Crippen LogP contribution in [0, 0.1) is 0 Å². The van der Waals surface area contributed by atoms with Crippen LogP contribution in [0.25, 0.3) is 11.3 Å². The molecule has 0 amide bonds. The number of aromatic amines is 1. The van der Waals surface area contributed by atoms with Crippen LogP contribution in [-0.4, -0.2) is 27.7 Å². The molecular weight excluding hydrogens is 358 g/mol. The molecule has 0 spiro atoms. The molecule has 3 aromatic rings. The number of rotatable bonds is 5. The minimum absolute atomic E-state index is 0.0954. The van der Waals surface area contributed by atoms with Crippen molar-refractivity contribution >= 4 is 11.6 Å². The average Bonchev–Trinajstić information content (AvgIpc) is 3.07. The van der Waals surface area contributed by atoms with Gasteiger partial charge in [0.15, 0.2) is 0 Å². The van der Waals surface area contributed by atoms with Crippen LogP contribution in [0.5, 0.6) is 5.75 Å². The molecule has 27 heavy (non-hydrogen) atoms. The van der Waals surface area contributed by atoms with Crippen LogP contribution in [0.1, 0.15) is 30.7 Å². The van der Waals surface area contributed by atoms with Gasteiger partial charge in [0.1, 0.15) is 5.75 Å². The number of nitrogens with one attached hydrogen (secondary N) is 1. The van der Waals surface area contributed by atoms with Crippen molar-refractivity contribution in [2.45, 2.75) is 39.5 Å². The van der Waals surface area contributed by atoms with Crippen LogP contribution in [0.15, 0.2) is 48.5 Å². The number of aromatic nitrogens is 2. The summed E-state index contributed by atoms with van der Waals surface area (Å²) in [5, 5.41) is 8.43. The lowest BCUT2D eigenvalue weighted by molar-refractivity contribution is 0.242. The van der Waals surface area contributed by atoms with Crippen molar-refractivity contribution < 1.29 is 4.74 Å². The normalized spacial score (nSPS) is 14.4. The highest BCUT2D eigenvalue weighted by atomic mass is 35.5. The summed E-state index contributed by atoms with van der Waals surface area (Å²) in [5.74, 6) is 0.713. The molecule has 0 bridgehead atoms. The van der Waals surface area contributed by atoms with Gasteiger partial charge in [0.25, 0.3) is 0 Å². The number of ether oxygens (including phenoxy) is 1. The first-order chi connectivity index (χ1) is 13.1. The van der Waals surface area contributed by atoms with Crippen LogP contribution in [0.4, 0.5) is 0 Å². The lowest BCUT2D eigenvalue weighted by Crippen LogP contribution is -2.29. The van der Waals surface area contributed by atoms with Gasteiger partial charge >= 0.3 is 0 Å². The monoisotopic (exact) mass is 381 g/mol. The van der Waals surface area contributed by atoms with Gasteiger partial charge in [-0.1, -0.05) is 41.9 Å². The Hall–Kier alpha value is -2.30. The maximum Gasteiger partial charge on any atom is 0.138 e. The van der Waals surface area contributed by atoms with E-state index >= 15 is 0 Å². The number of nitrogens with zero attached hydrogens (tertiary/aromatic N) is 2. The topological polar surface area (TPSA) is 41.1 Å². The molecule has 4 rings (SSSR count). The van der Waals surface area contributed by atoms with Crippen LogP contribution in [0.3, 0.4) is 0 Å². The van der Waals surface area contributed by atoms with E-state index in [-0.39, 0.29) is 6.10 Å². The van der Waals surface area contributed by atoms with Gasteiger partial charge in [-0.3, -0.25) is 10.00 Å². The van der Waals surface area contributed by atoms with Crippen molar-refractivity contribution in [2.24, 2.45) is 0 Å². The molecule has 0 saturated carbocycles. The highest BCUT2D eigenvalue weighted by molar-refractivity contribution is 6.32. The van der Waals surface area contributed by atoms with Crippen molar-refractivity contribution in [1.82, 2.24) is 15.1 Å². The molecule has 1 aliphatic rings. The summed E-state index contributed by atoms with van der Waals surface area (Å²) < 4.78 is 5.75. The van der Waals surface area contributed by atoms with E-state index in [1.54, 1.807) is 0 Å². The summed E-state index contributed by atoms with van der Waals surface area (Å²) in [6, 6.07) is 16.5. The fourth-order valence-corrected chi connectivity index (χ4v) is 3.79. The van der Waals surface area contributed by atoms with E-state index in [1.165, 1.54) is 16.8 Å². The summed E-state index contributed by atoms with van der Waals surface area (Å²) in [6.07, 6.45) is 1.08. The second-order valence-electron chi connectivity index (χ2n) is 7.29. The van der Waals surface area contributed by atoms with Crippen molar-refractivity contribution in [3.05, 3.63) is 70.4 Å². The first-order valence-corrected chi connectivity index (χ1v) is 9.77. The first kappa shape index (κ1) is 18.1. The van der Waals surface area contributed by atoms with Crippen molar-refractivity contribution in [1.29, 1.82) is 0 Å². The highest BCUT2D eigenvalue weighted by Gasteiger charge is 2.23. The van der Waals surface area contributed by atoms with Gasteiger partial charge in [0, 0.05) is 42.9 Å². The van der Waals surface area contributed by atoms with Crippen LogP contribution in [-0.2, 0) is 19.5 Å².